The van der Waals surface area contributed by atoms with Gasteiger partial charge in [-0.3, -0.25) is 0 Å². The van der Waals surface area contributed by atoms with Crippen LogP contribution < -0.4 is 15.4 Å². The van der Waals surface area contributed by atoms with E-state index in [9.17, 15) is 9.59 Å². The predicted molar refractivity (Wildman–Crippen MR) is 98.7 cm³/mol. The molecule has 1 aromatic heterocycles. The summed E-state index contributed by atoms with van der Waals surface area (Å²) in [6.45, 7) is 1.79. The van der Waals surface area contributed by atoms with Crippen molar-refractivity contribution in [3.05, 3.63) is 63.7 Å². The number of hydrogen-bond donors (Lipinski definition) is 2. The highest BCUT2D eigenvalue weighted by molar-refractivity contribution is 6.42. The lowest BCUT2D eigenvalue weighted by molar-refractivity contribution is -0.139. The first-order chi connectivity index (χ1) is 13.0. The van der Waals surface area contributed by atoms with Crippen LogP contribution >= 0.6 is 23.2 Å². The van der Waals surface area contributed by atoms with Crippen LogP contribution in [0.1, 0.15) is 18.7 Å². The molecular formula is C18H16Cl2N2O5. The number of esters is 1. The second-order valence-electron chi connectivity index (χ2n) is 5.52. The summed E-state index contributed by atoms with van der Waals surface area (Å²) in [5, 5.41) is 5.98. The van der Waals surface area contributed by atoms with Gasteiger partial charge in [-0.1, -0.05) is 23.2 Å². The Morgan fingerprint density at radius 1 is 1.26 bits per heavy atom. The fraction of sp³-hybridized carbons (Fsp3) is 0.222. The SMILES string of the molecule is CCOC(=O)C1=C(COc2ccc(Cl)c(Cl)c2)NC(=O)NC1c1ccco1. The van der Waals surface area contributed by atoms with Crippen molar-refractivity contribution < 1.29 is 23.5 Å². The molecule has 2 heterocycles. The average Bonchev–Trinajstić information content (AvgIpc) is 3.17. The molecular weight excluding hydrogens is 395 g/mol. The molecule has 2 aromatic rings. The highest BCUT2D eigenvalue weighted by Gasteiger charge is 2.35. The van der Waals surface area contributed by atoms with E-state index in [1.165, 1.54) is 6.26 Å². The summed E-state index contributed by atoms with van der Waals surface area (Å²) in [4.78, 5) is 24.6. The Morgan fingerprint density at radius 2 is 2.07 bits per heavy atom. The van der Waals surface area contributed by atoms with Crippen LogP contribution in [0, 0.1) is 0 Å². The van der Waals surface area contributed by atoms with E-state index in [1.807, 2.05) is 0 Å². The second-order valence-corrected chi connectivity index (χ2v) is 6.34. The van der Waals surface area contributed by atoms with Crippen molar-refractivity contribution >= 4 is 35.2 Å². The van der Waals surface area contributed by atoms with E-state index in [1.54, 1.807) is 37.3 Å². The maximum Gasteiger partial charge on any atom is 0.338 e. The number of rotatable bonds is 6. The van der Waals surface area contributed by atoms with E-state index in [0.717, 1.165) is 0 Å². The van der Waals surface area contributed by atoms with E-state index >= 15 is 0 Å². The molecule has 0 bridgehead atoms. The first-order valence-electron chi connectivity index (χ1n) is 8.08. The molecule has 27 heavy (non-hydrogen) atoms. The predicted octanol–water partition coefficient (Wildman–Crippen LogP) is 3.84. The Labute approximate surface area is 165 Å². The number of benzene rings is 1. The molecule has 0 saturated heterocycles. The van der Waals surface area contributed by atoms with Gasteiger partial charge in [-0.15, -0.1) is 0 Å². The highest BCUT2D eigenvalue weighted by atomic mass is 35.5. The van der Waals surface area contributed by atoms with Gasteiger partial charge in [0.25, 0.3) is 0 Å². The van der Waals surface area contributed by atoms with Gasteiger partial charge in [0.2, 0.25) is 0 Å². The molecule has 7 nitrogen and oxygen atoms in total. The molecule has 2 N–H and O–H groups in total. The van der Waals surface area contributed by atoms with E-state index in [-0.39, 0.29) is 24.5 Å². The molecule has 1 atom stereocenters. The lowest BCUT2D eigenvalue weighted by atomic mass is 10.0. The topological polar surface area (TPSA) is 89.8 Å². The minimum atomic E-state index is -0.791. The van der Waals surface area contributed by atoms with Crippen LogP contribution in [-0.4, -0.2) is 25.2 Å². The van der Waals surface area contributed by atoms with Crippen LogP contribution in [0.5, 0.6) is 5.75 Å². The molecule has 9 heteroatoms. The van der Waals surface area contributed by atoms with Crippen molar-refractivity contribution in [2.45, 2.75) is 13.0 Å². The van der Waals surface area contributed by atoms with Gasteiger partial charge in [0.15, 0.2) is 0 Å². The molecule has 1 aromatic carbocycles. The Hall–Kier alpha value is -2.64. The van der Waals surface area contributed by atoms with Gasteiger partial charge in [-0.25, -0.2) is 9.59 Å². The third kappa shape index (κ3) is 4.37. The maximum atomic E-state index is 12.5. The van der Waals surface area contributed by atoms with Crippen molar-refractivity contribution in [2.24, 2.45) is 0 Å². The summed E-state index contributed by atoms with van der Waals surface area (Å²) in [6, 6.07) is 6.81. The molecule has 3 rings (SSSR count). The fourth-order valence-corrected chi connectivity index (χ4v) is 2.86. The number of carbonyl (C=O) groups is 2. The third-order valence-corrected chi connectivity index (χ3v) is 4.49. The zero-order chi connectivity index (χ0) is 19.4. The second kappa shape index (κ2) is 8.37. The van der Waals surface area contributed by atoms with Crippen LogP contribution in [0.2, 0.25) is 10.0 Å². The van der Waals surface area contributed by atoms with E-state index < -0.39 is 18.0 Å². The zero-order valence-electron chi connectivity index (χ0n) is 14.3. The fourth-order valence-electron chi connectivity index (χ4n) is 2.57. The smallest absolute Gasteiger partial charge is 0.338 e. The standard InChI is InChI=1S/C18H16Cl2N2O5/c1-2-25-17(23)15-13(9-27-10-5-6-11(19)12(20)8-10)21-18(24)22-16(15)14-4-3-7-26-14/h3-8,16H,2,9H2,1H3,(H2,21,22,24). The van der Waals surface area contributed by atoms with Crippen LogP contribution in [0.25, 0.3) is 0 Å². The van der Waals surface area contributed by atoms with Crippen LogP contribution in [0.4, 0.5) is 4.79 Å². The number of hydrogen-bond acceptors (Lipinski definition) is 5. The minimum Gasteiger partial charge on any atom is -0.487 e. The largest absolute Gasteiger partial charge is 0.487 e. The molecule has 0 fully saturated rings. The highest BCUT2D eigenvalue weighted by Crippen LogP contribution is 2.30. The van der Waals surface area contributed by atoms with Gasteiger partial charge in [-0.2, -0.15) is 0 Å². The van der Waals surface area contributed by atoms with Crippen LogP contribution in [0.3, 0.4) is 0 Å². The number of nitrogens with one attached hydrogen (secondary N) is 2. The van der Waals surface area contributed by atoms with E-state index in [0.29, 0.717) is 21.6 Å². The van der Waals surface area contributed by atoms with E-state index in [2.05, 4.69) is 10.6 Å². The first-order valence-corrected chi connectivity index (χ1v) is 8.84. The quantitative estimate of drug-likeness (QED) is 0.706. The minimum absolute atomic E-state index is 0.0866. The van der Waals surface area contributed by atoms with Gasteiger partial charge >= 0.3 is 12.0 Å². The summed E-state index contributed by atoms with van der Waals surface area (Å²) in [7, 11) is 0. The molecule has 0 aliphatic carbocycles. The Balaban J connectivity index is 1.92. The van der Waals surface area contributed by atoms with Crippen molar-refractivity contribution in [1.29, 1.82) is 0 Å². The monoisotopic (exact) mass is 410 g/mol. The van der Waals surface area contributed by atoms with Crippen LogP contribution in [0.15, 0.2) is 52.3 Å². The number of furan rings is 1. The Morgan fingerprint density at radius 3 is 2.74 bits per heavy atom. The van der Waals surface area contributed by atoms with Crippen molar-refractivity contribution in [3.8, 4) is 5.75 Å². The normalized spacial score (nSPS) is 16.6. The molecule has 1 unspecified atom stereocenters. The molecule has 0 radical (unpaired) electrons. The molecule has 0 saturated carbocycles. The first kappa shape index (κ1) is 19.1. The van der Waals surface area contributed by atoms with Crippen molar-refractivity contribution in [1.82, 2.24) is 10.6 Å². The number of amides is 2. The van der Waals surface area contributed by atoms with Gasteiger partial charge < -0.3 is 24.5 Å². The number of halogens is 2. The summed E-state index contributed by atoms with van der Waals surface area (Å²) >= 11 is 11.9. The molecule has 2 amide bonds. The lowest BCUT2D eigenvalue weighted by Crippen LogP contribution is -2.47. The Bertz CT molecular complexity index is 880. The number of urea groups is 1. The van der Waals surface area contributed by atoms with E-state index in [4.69, 9.17) is 37.1 Å². The van der Waals surface area contributed by atoms with Gasteiger partial charge in [0.1, 0.15) is 24.2 Å². The molecule has 0 spiro atoms. The van der Waals surface area contributed by atoms with Gasteiger partial charge in [-0.05, 0) is 31.2 Å². The molecule has 1 aliphatic rings. The van der Waals surface area contributed by atoms with Crippen molar-refractivity contribution in [3.63, 3.8) is 0 Å². The van der Waals surface area contributed by atoms with Crippen molar-refractivity contribution in [2.75, 3.05) is 13.2 Å². The number of carbonyl (C=O) groups excluding carboxylic acids is 2. The Kier molecular flexibility index (Phi) is 5.93. The van der Waals surface area contributed by atoms with Gasteiger partial charge in [0.05, 0.1) is 34.2 Å². The van der Waals surface area contributed by atoms with Gasteiger partial charge in [0, 0.05) is 6.07 Å². The summed E-state index contributed by atoms with van der Waals surface area (Å²) in [5.74, 6) is 0.251. The number of ether oxygens (including phenoxy) is 2. The molecule has 1 aliphatic heterocycles. The molecule has 142 valence electrons. The summed E-state index contributed by atoms with van der Waals surface area (Å²) < 4.78 is 16.2. The van der Waals surface area contributed by atoms with Crippen LogP contribution in [-0.2, 0) is 9.53 Å². The zero-order valence-corrected chi connectivity index (χ0v) is 15.8. The average molecular weight is 411 g/mol. The summed E-state index contributed by atoms with van der Waals surface area (Å²) in [5.41, 5.74) is 0.469. The maximum absolute atomic E-state index is 12.5. The lowest BCUT2D eigenvalue weighted by Gasteiger charge is -2.27. The third-order valence-electron chi connectivity index (χ3n) is 3.75. The summed E-state index contributed by atoms with van der Waals surface area (Å²) in [6.07, 6.45) is 1.46.